The van der Waals surface area contributed by atoms with Gasteiger partial charge in [0.15, 0.2) is 0 Å². The third-order valence-corrected chi connectivity index (χ3v) is 3.91. The summed E-state index contributed by atoms with van der Waals surface area (Å²) in [6, 6.07) is 14.4. The van der Waals surface area contributed by atoms with Crippen LogP contribution < -0.4 is 4.90 Å². The fraction of sp³-hybridized carbons (Fsp3) is 0.235. The highest BCUT2D eigenvalue weighted by Gasteiger charge is 2.32. The minimum Gasteiger partial charge on any atom is -0.352 e. The van der Waals surface area contributed by atoms with Crippen LogP contribution in [0.5, 0.6) is 0 Å². The van der Waals surface area contributed by atoms with E-state index in [0.717, 1.165) is 23.3 Å². The molecule has 2 aromatic rings. The van der Waals surface area contributed by atoms with Crippen LogP contribution in [0.4, 0.5) is 18.9 Å². The summed E-state index contributed by atoms with van der Waals surface area (Å²) in [5, 5.41) is 9.48. The van der Waals surface area contributed by atoms with E-state index in [1.54, 1.807) is 11.0 Å². The molecule has 3 rings (SSSR count). The number of nitriles is 1. The zero-order valence-electron chi connectivity index (χ0n) is 11.6. The van der Waals surface area contributed by atoms with Gasteiger partial charge in [0, 0.05) is 12.2 Å². The molecule has 0 aliphatic carbocycles. The molecule has 1 unspecified atom stereocenters. The van der Waals surface area contributed by atoms with Crippen molar-refractivity contribution in [2.24, 2.45) is 0 Å². The highest BCUT2D eigenvalue weighted by Crippen LogP contribution is 2.36. The SMILES string of the molecule is N#CC1c2ccccc2CCN1c1cccc(C(F)(F)F)c1. The second-order valence-electron chi connectivity index (χ2n) is 5.22. The first-order chi connectivity index (χ1) is 10.5. The summed E-state index contributed by atoms with van der Waals surface area (Å²) in [4.78, 5) is 1.73. The fourth-order valence-corrected chi connectivity index (χ4v) is 2.84. The molecule has 0 aromatic heterocycles. The molecule has 2 nitrogen and oxygen atoms in total. The summed E-state index contributed by atoms with van der Waals surface area (Å²) >= 11 is 0. The molecular weight excluding hydrogens is 289 g/mol. The summed E-state index contributed by atoms with van der Waals surface area (Å²) < 4.78 is 38.6. The molecule has 0 spiro atoms. The Labute approximate surface area is 126 Å². The van der Waals surface area contributed by atoms with Gasteiger partial charge in [-0.05, 0) is 35.7 Å². The van der Waals surface area contributed by atoms with Crippen molar-refractivity contribution in [3.63, 3.8) is 0 Å². The number of alkyl halides is 3. The zero-order chi connectivity index (χ0) is 15.7. The molecule has 0 saturated heterocycles. The third kappa shape index (κ3) is 2.52. The van der Waals surface area contributed by atoms with Crippen molar-refractivity contribution in [1.29, 1.82) is 5.26 Å². The standard InChI is InChI=1S/C17H13F3N2/c18-17(19,20)13-5-3-6-14(10-13)22-9-8-12-4-1-2-7-15(12)16(22)11-21/h1-7,10,16H,8-9H2. The van der Waals surface area contributed by atoms with Gasteiger partial charge in [0.25, 0.3) is 0 Å². The fourth-order valence-electron chi connectivity index (χ4n) is 2.84. The Kier molecular flexibility index (Phi) is 3.53. The van der Waals surface area contributed by atoms with Crippen LogP contribution in [-0.4, -0.2) is 6.54 Å². The molecule has 1 aliphatic heterocycles. The maximum Gasteiger partial charge on any atom is 0.416 e. The Morgan fingerprint density at radius 2 is 1.86 bits per heavy atom. The predicted octanol–water partition coefficient (Wildman–Crippen LogP) is 4.33. The van der Waals surface area contributed by atoms with E-state index < -0.39 is 17.8 Å². The number of benzene rings is 2. The molecule has 1 heterocycles. The van der Waals surface area contributed by atoms with Crippen molar-refractivity contribution in [3.05, 3.63) is 65.2 Å². The third-order valence-electron chi connectivity index (χ3n) is 3.91. The number of rotatable bonds is 1. The lowest BCUT2D eigenvalue weighted by Crippen LogP contribution is -2.34. The second kappa shape index (κ2) is 5.38. The molecule has 2 aromatic carbocycles. The lowest BCUT2D eigenvalue weighted by Gasteiger charge is -2.35. The van der Waals surface area contributed by atoms with Crippen LogP contribution >= 0.6 is 0 Å². The lowest BCUT2D eigenvalue weighted by atomic mass is 9.92. The van der Waals surface area contributed by atoms with Crippen LogP contribution in [0, 0.1) is 11.3 Å². The molecular formula is C17H13F3N2. The Balaban J connectivity index is 2.01. The van der Waals surface area contributed by atoms with Gasteiger partial charge < -0.3 is 4.90 Å². The van der Waals surface area contributed by atoms with Crippen LogP contribution in [0.3, 0.4) is 0 Å². The van der Waals surface area contributed by atoms with Gasteiger partial charge in [-0.3, -0.25) is 0 Å². The molecule has 112 valence electrons. The van der Waals surface area contributed by atoms with Crippen molar-refractivity contribution in [3.8, 4) is 6.07 Å². The topological polar surface area (TPSA) is 27.0 Å². The molecule has 1 atom stereocenters. The molecule has 0 amide bonds. The molecule has 0 fully saturated rings. The van der Waals surface area contributed by atoms with Crippen LogP contribution in [0.2, 0.25) is 0 Å². The van der Waals surface area contributed by atoms with E-state index in [1.807, 2.05) is 24.3 Å². The van der Waals surface area contributed by atoms with Gasteiger partial charge in [-0.25, -0.2) is 0 Å². The maximum absolute atomic E-state index is 12.9. The number of hydrogen-bond acceptors (Lipinski definition) is 2. The quantitative estimate of drug-likeness (QED) is 0.784. The summed E-state index contributed by atoms with van der Waals surface area (Å²) in [5.41, 5.74) is 1.68. The minimum absolute atomic E-state index is 0.427. The van der Waals surface area contributed by atoms with Gasteiger partial charge in [0.1, 0.15) is 6.04 Å². The first kappa shape index (κ1) is 14.5. The Hall–Kier alpha value is -2.48. The van der Waals surface area contributed by atoms with Crippen LogP contribution in [-0.2, 0) is 12.6 Å². The highest BCUT2D eigenvalue weighted by atomic mass is 19.4. The summed E-state index contributed by atoms with van der Waals surface area (Å²) in [6.45, 7) is 0.524. The van der Waals surface area contributed by atoms with Gasteiger partial charge in [-0.15, -0.1) is 0 Å². The lowest BCUT2D eigenvalue weighted by molar-refractivity contribution is -0.137. The molecule has 0 bridgehead atoms. The van der Waals surface area contributed by atoms with Crippen molar-refractivity contribution < 1.29 is 13.2 Å². The highest BCUT2D eigenvalue weighted by molar-refractivity contribution is 5.55. The second-order valence-corrected chi connectivity index (χ2v) is 5.22. The van der Waals surface area contributed by atoms with Crippen LogP contribution in [0.25, 0.3) is 0 Å². The Morgan fingerprint density at radius 1 is 1.09 bits per heavy atom. The van der Waals surface area contributed by atoms with Gasteiger partial charge in [-0.1, -0.05) is 30.3 Å². The minimum atomic E-state index is -4.38. The molecule has 5 heteroatoms. The van der Waals surface area contributed by atoms with E-state index in [0.29, 0.717) is 18.7 Å². The molecule has 0 radical (unpaired) electrons. The van der Waals surface area contributed by atoms with E-state index >= 15 is 0 Å². The average Bonchev–Trinajstić information content (AvgIpc) is 2.53. The smallest absolute Gasteiger partial charge is 0.352 e. The van der Waals surface area contributed by atoms with Crippen LogP contribution in [0.1, 0.15) is 22.7 Å². The molecule has 0 N–H and O–H groups in total. The van der Waals surface area contributed by atoms with E-state index in [9.17, 15) is 18.4 Å². The summed E-state index contributed by atoms with van der Waals surface area (Å²) in [6.07, 6.45) is -3.67. The van der Waals surface area contributed by atoms with E-state index in [1.165, 1.54) is 6.07 Å². The Bertz CT molecular complexity index is 731. The first-order valence-corrected chi connectivity index (χ1v) is 6.92. The normalized spacial score (nSPS) is 17.7. The number of hydrogen-bond donors (Lipinski definition) is 0. The average molecular weight is 302 g/mol. The number of anilines is 1. The molecule has 22 heavy (non-hydrogen) atoms. The van der Waals surface area contributed by atoms with E-state index in [4.69, 9.17) is 0 Å². The van der Waals surface area contributed by atoms with E-state index in [-0.39, 0.29) is 0 Å². The van der Waals surface area contributed by atoms with Crippen molar-refractivity contribution >= 4 is 5.69 Å². The van der Waals surface area contributed by atoms with Crippen molar-refractivity contribution in [2.45, 2.75) is 18.6 Å². The number of halogens is 3. The largest absolute Gasteiger partial charge is 0.416 e. The molecule has 1 aliphatic rings. The van der Waals surface area contributed by atoms with Crippen molar-refractivity contribution in [1.82, 2.24) is 0 Å². The predicted molar refractivity (Wildman–Crippen MR) is 77.3 cm³/mol. The van der Waals surface area contributed by atoms with Crippen molar-refractivity contribution in [2.75, 3.05) is 11.4 Å². The summed E-state index contributed by atoms with van der Waals surface area (Å²) in [7, 11) is 0. The Morgan fingerprint density at radius 3 is 2.59 bits per heavy atom. The van der Waals surface area contributed by atoms with Crippen LogP contribution in [0.15, 0.2) is 48.5 Å². The number of nitrogens with zero attached hydrogens (tertiary/aromatic N) is 2. The maximum atomic E-state index is 12.9. The zero-order valence-corrected chi connectivity index (χ0v) is 11.6. The number of fused-ring (bicyclic) bond motifs is 1. The first-order valence-electron chi connectivity index (χ1n) is 6.92. The van der Waals surface area contributed by atoms with Gasteiger partial charge in [0.2, 0.25) is 0 Å². The van der Waals surface area contributed by atoms with E-state index in [2.05, 4.69) is 6.07 Å². The monoisotopic (exact) mass is 302 g/mol. The summed E-state index contributed by atoms with van der Waals surface area (Å²) in [5.74, 6) is 0. The van der Waals surface area contributed by atoms with Gasteiger partial charge >= 0.3 is 6.18 Å². The molecule has 0 saturated carbocycles. The van der Waals surface area contributed by atoms with Gasteiger partial charge in [-0.2, -0.15) is 18.4 Å². The van der Waals surface area contributed by atoms with Gasteiger partial charge in [0.05, 0.1) is 11.6 Å².